The van der Waals surface area contributed by atoms with E-state index in [1.807, 2.05) is 24.3 Å². The molecular formula is C17H9ClF2N2OS. The Morgan fingerprint density at radius 1 is 1.29 bits per heavy atom. The number of thiazole rings is 1. The van der Waals surface area contributed by atoms with Crippen LogP contribution in [0, 0.1) is 11.3 Å². The van der Waals surface area contributed by atoms with Crippen molar-refractivity contribution in [2.45, 2.75) is 6.61 Å². The summed E-state index contributed by atoms with van der Waals surface area (Å²) in [6.07, 6.45) is 1.51. The van der Waals surface area contributed by atoms with Crippen molar-refractivity contribution in [1.29, 1.82) is 5.26 Å². The number of aromatic nitrogens is 1. The molecule has 1 aromatic heterocycles. The van der Waals surface area contributed by atoms with Gasteiger partial charge in [-0.1, -0.05) is 23.7 Å². The van der Waals surface area contributed by atoms with E-state index in [1.165, 1.54) is 35.6 Å². The van der Waals surface area contributed by atoms with Crippen LogP contribution in [0.15, 0.2) is 42.5 Å². The van der Waals surface area contributed by atoms with E-state index in [0.717, 1.165) is 10.2 Å². The summed E-state index contributed by atoms with van der Waals surface area (Å²) in [7, 11) is 0. The van der Waals surface area contributed by atoms with Crippen molar-refractivity contribution in [3.63, 3.8) is 0 Å². The van der Waals surface area contributed by atoms with Crippen molar-refractivity contribution >= 4 is 44.8 Å². The van der Waals surface area contributed by atoms with Crippen LogP contribution in [0.1, 0.15) is 10.6 Å². The summed E-state index contributed by atoms with van der Waals surface area (Å²) in [5.74, 6) is -0.0257. The summed E-state index contributed by atoms with van der Waals surface area (Å²) in [5, 5.41) is 10.3. The van der Waals surface area contributed by atoms with Crippen LogP contribution >= 0.6 is 22.9 Å². The van der Waals surface area contributed by atoms with Crippen LogP contribution in [0.4, 0.5) is 8.78 Å². The standard InChI is InChI=1S/C17H9ClF2N2OS/c18-13-6-5-12(23-17(19)20)8-10(13)7-11(9-21)16-22-14-3-1-2-4-15(14)24-16/h1-8,17H. The quantitative estimate of drug-likeness (QED) is 0.566. The van der Waals surface area contributed by atoms with Gasteiger partial charge in [0.05, 0.1) is 15.8 Å². The van der Waals surface area contributed by atoms with Gasteiger partial charge in [0.15, 0.2) is 0 Å². The number of ether oxygens (including phenoxy) is 1. The summed E-state index contributed by atoms with van der Waals surface area (Å²) in [5.41, 5.74) is 1.50. The van der Waals surface area contributed by atoms with E-state index < -0.39 is 6.61 Å². The predicted molar refractivity (Wildman–Crippen MR) is 91.2 cm³/mol. The minimum absolute atomic E-state index is 0.0257. The summed E-state index contributed by atoms with van der Waals surface area (Å²) in [6, 6.07) is 13.7. The van der Waals surface area contributed by atoms with Crippen LogP contribution in [0.3, 0.4) is 0 Å². The normalized spacial score (nSPS) is 11.7. The molecule has 0 amide bonds. The molecule has 3 rings (SSSR count). The monoisotopic (exact) mass is 362 g/mol. The Morgan fingerprint density at radius 3 is 2.79 bits per heavy atom. The molecule has 0 bridgehead atoms. The lowest BCUT2D eigenvalue weighted by molar-refractivity contribution is -0.0498. The highest BCUT2D eigenvalue weighted by Gasteiger charge is 2.11. The summed E-state index contributed by atoms with van der Waals surface area (Å²) < 4.78 is 30.0. The molecule has 0 atom stereocenters. The van der Waals surface area contributed by atoms with Crippen molar-refractivity contribution in [2.75, 3.05) is 0 Å². The molecule has 2 aromatic carbocycles. The average Bonchev–Trinajstić information content (AvgIpc) is 2.98. The van der Waals surface area contributed by atoms with Crippen LogP contribution in [-0.2, 0) is 0 Å². The van der Waals surface area contributed by atoms with Gasteiger partial charge in [-0.2, -0.15) is 14.0 Å². The van der Waals surface area contributed by atoms with E-state index in [1.54, 1.807) is 0 Å². The molecule has 0 spiro atoms. The third kappa shape index (κ3) is 3.53. The maximum Gasteiger partial charge on any atom is 0.387 e. The van der Waals surface area contributed by atoms with Gasteiger partial charge >= 0.3 is 6.61 Å². The summed E-state index contributed by atoms with van der Waals surface area (Å²) >= 11 is 7.46. The van der Waals surface area contributed by atoms with E-state index in [4.69, 9.17) is 11.6 Å². The smallest absolute Gasteiger partial charge is 0.387 e. The second kappa shape index (κ2) is 6.95. The molecule has 24 heavy (non-hydrogen) atoms. The second-order valence-electron chi connectivity index (χ2n) is 4.72. The Balaban J connectivity index is 2.03. The van der Waals surface area contributed by atoms with E-state index in [2.05, 4.69) is 15.8 Å². The van der Waals surface area contributed by atoms with Crippen LogP contribution in [0.25, 0.3) is 21.9 Å². The lowest BCUT2D eigenvalue weighted by Gasteiger charge is -2.06. The Bertz CT molecular complexity index is 930. The van der Waals surface area contributed by atoms with Crippen molar-refractivity contribution in [3.05, 3.63) is 58.1 Å². The Labute approximate surface area is 145 Å². The zero-order valence-electron chi connectivity index (χ0n) is 12.0. The molecular weight excluding hydrogens is 354 g/mol. The topological polar surface area (TPSA) is 45.9 Å². The lowest BCUT2D eigenvalue weighted by Crippen LogP contribution is -2.01. The van der Waals surface area contributed by atoms with Crippen molar-refractivity contribution in [3.8, 4) is 11.8 Å². The lowest BCUT2D eigenvalue weighted by atomic mass is 10.1. The Kier molecular flexibility index (Phi) is 4.74. The zero-order valence-corrected chi connectivity index (χ0v) is 13.6. The van der Waals surface area contributed by atoms with Gasteiger partial charge in [-0.05, 0) is 42.0 Å². The number of halogens is 3. The highest BCUT2D eigenvalue weighted by Crippen LogP contribution is 2.31. The van der Waals surface area contributed by atoms with Gasteiger partial charge in [0.25, 0.3) is 0 Å². The SMILES string of the molecule is N#CC(=Cc1cc(OC(F)F)ccc1Cl)c1nc2ccccc2s1. The molecule has 0 aliphatic carbocycles. The minimum Gasteiger partial charge on any atom is -0.435 e. The van der Waals surface area contributed by atoms with Crippen LogP contribution in [-0.4, -0.2) is 11.6 Å². The van der Waals surface area contributed by atoms with Gasteiger partial charge < -0.3 is 4.74 Å². The number of hydrogen-bond donors (Lipinski definition) is 0. The van der Waals surface area contributed by atoms with E-state index >= 15 is 0 Å². The largest absolute Gasteiger partial charge is 0.435 e. The number of nitrogens with zero attached hydrogens (tertiary/aromatic N) is 2. The Hall–Kier alpha value is -2.49. The molecule has 0 saturated carbocycles. The molecule has 0 saturated heterocycles. The molecule has 1 heterocycles. The van der Waals surface area contributed by atoms with Gasteiger partial charge in [0.1, 0.15) is 16.8 Å². The maximum atomic E-state index is 12.3. The molecule has 3 nitrogen and oxygen atoms in total. The number of nitriles is 1. The summed E-state index contributed by atoms with van der Waals surface area (Å²) in [6.45, 7) is -2.93. The first-order valence-electron chi connectivity index (χ1n) is 6.79. The fraction of sp³-hybridized carbons (Fsp3) is 0.0588. The van der Waals surface area contributed by atoms with E-state index in [-0.39, 0.29) is 5.75 Å². The molecule has 0 fully saturated rings. The third-order valence-corrected chi connectivity index (χ3v) is 4.55. The molecule has 7 heteroatoms. The average molecular weight is 363 g/mol. The van der Waals surface area contributed by atoms with Gasteiger partial charge in [-0.15, -0.1) is 11.3 Å². The fourth-order valence-electron chi connectivity index (χ4n) is 2.09. The molecule has 120 valence electrons. The maximum absolute atomic E-state index is 12.3. The highest BCUT2D eigenvalue weighted by molar-refractivity contribution is 7.19. The molecule has 0 N–H and O–H groups in total. The highest BCUT2D eigenvalue weighted by atomic mass is 35.5. The van der Waals surface area contributed by atoms with Gasteiger partial charge in [-0.3, -0.25) is 0 Å². The van der Waals surface area contributed by atoms with E-state index in [0.29, 0.717) is 21.2 Å². The molecule has 0 radical (unpaired) electrons. The summed E-state index contributed by atoms with van der Waals surface area (Å²) in [4.78, 5) is 4.41. The number of alkyl halides is 2. The molecule has 0 aliphatic rings. The number of para-hydroxylation sites is 1. The number of rotatable bonds is 4. The van der Waals surface area contributed by atoms with Crippen molar-refractivity contribution in [1.82, 2.24) is 4.98 Å². The van der Waals surface area contributed by atoms with Gasteiger partial charge in [0.2, 0.25) is 0 Å². The second-order valence-corrected chi connectivity index (χ2v) is 6.16. The molecule has 3 aromatic rings. The fourth-order valence-corrected chi connectivity index (χ4v) is 3.20. The zero-order chi connectivity index (χ0) is 17.1. The Morgan fingerprint density at radius 2 is 2.08 bits per heavy atom. The van der Waals surface area contributed by atoms with Crippen molar-refractivity contribution in [2.24, 2.45) is 0 Å². The predicted octanol–water partition coefficient (Wildman–Crippen LogP) is 5.62. The van der Waals surface area contributed by atoms with Gasteiger partial charge in [-0.25, -0.2) is 4.98 Å². The minimum atomic E-state index is -2.93. The number of benzene rings is 2. The number of fused-ring (bicyclic) bond motifs is 1. The van der Waals surface area contributed by atoms with Crippen molar-refractivity contribution < 1.29 is 13.5 Å². The number of allylic oxidation sites excluding steroid dienone is 1. The van der Waals surface area contributed by atoms with Gasteiger partial charge in [0, 0.05) is 5.02 Å². The first-order valence-corrected chi connectivity index (χ1v) is 7.98. The number of hydrogen-bond acceptors (Lipinski definition) is 4. The molecule has 0 aliphatic heterocycles. The third-order valence-electron chi connectivity index (χ3n) is 3.14. The van der Waals surface area contributed by atoms with Crippen LogP contribution in [0.2, 0.25) is 5.02 Å². The van der Waals surface area contributed by atoms with Crippen LogP contribution in [0.5, 0.6) is 5.75 Å². The first kappa shape index (κ1) is 16.4. The first-order chi connectivity index (χ1) is 11.6. The van der Waals surface area contributed by atoms with Crippen LogP contribution < -0.4 is 4.74 Å². The van der Waals surface area contributed by atoms with E-state index in [9.17, 15) is 14.0 Å². The molecule has 0 unspecified atom stereocenters.